The molecule has 2 fully saturated rings. The lowest BCUT2D eigenvalue weighted by Gasteiger charge is -2.42. The third-order valence-electron chi connectivity index (χ3n) is 4.47. The van der Waals surface area contributed by atoms with Gasteiger partial charge in [0.2, 0.25) is 0 Å². The Morgan fingerprint density at radius 2 is 1.79 bits per heavy atom. The number of rotatable bonds is 5. The van der Waals surface area contributed by atoms with E-state index in [1.165, 1.54) is 4.90 Å². The maximum absolute atomic E-state index is 12.4. The molecule has 2 aliphatic rings. The van der Waals surface area contributed by atoms with Gasteiger partial charge >= 0.3 is 22.4 Å². The molecule has 2 saturated heterocycles. The number of amides is 5. The van der Waals surface area contributed by atoms with Crippen molar-refractivity contribution in [3.8, 4) is 0 Å². The first kappa shape index (κ1) is 19.9. The fraction of sp³-hybridized carbons (Fsp3) is 0.400. The number of likely N-dealkylation sites (tertiary alicyclic amines) is 1. The summed E-state index contributed by atoms with van der Waals surface area (Å²) in [5.41, 5.74) is 6.23. The van der Waals surface area contributed by atoms with Crippen LogP contribution in [0.15, 0.2) is 24.3 Å². The molecule has 0 saturated carbocycles. The number of anilines is 2. The highest BCUT2D eigenvalue weighted by atomic mass is 32.2. The lowest BCUT2D eigenvalue weighted by Crippen LogP contribution is -2.68. The van der Waals surface area contributed by atoms with E-state index in [0.29, 0.717) is 28.8 Å². The molecule has 2 heterocycles. The van der Waals surface area contributed by atoms with Crippen LogP contribution >= 0.6 is 0 Å². The first-order chi connectivity index (χ1) is 13.2. The van der Waals surface area contributed by atoms with Crippen LogP contribution in [0.25, 0.3) is 0 Å². The van der Waals surface area contributed by atoms with E-state index in [-0.39, 0.29) is 13.0 Å². The molecule has 6 N–H and O–H groups in total. The van der Waals surface area contributed by atoms with E-state index < -0.39 is 40.4 Å². The SMILES string of the molecule is NCCNC(=O)Nc1ccc(NC(=O)N2CCC3[C@H]2C(=O)N3S(=O)(=O)O)cc1. The van der Waals surface area contributed by atoms with Crippen LogP contribution in [0.3, 0.4) is 0 Å². The van der Waals surface area contributed by atoms with E-state index in [2.05, 4.69) is 16.0 Å². The molecule has 2 atom stereocenters. The van der Waals surface area contributed by atoms with Gasteiger partial charge in [0.25, 0.3) is 5.91 Å². The third-order valence-corrected chi connectivity index (χ3v) is 5.42. The number of fused-ring (bicyclic) bond motifs is 1. The van der Waals surface area contributed by atoms with Crippen molar-refractivity contribution in [2.45, 2.75) is 18.5 Å². The van der Waals surface area contributed by atoms with Crippen molar-refractivity contribution in [1.29, 1.82) is 0 Å². The zero-order valence-electron chi connectivity index (χ0n) is 14.7. The molecular formula is C15H20N6O6S. The normalized spacial score (nSPS) is 21.0. The van der Waals surface area contributed by atoms with Crippen LogP contribution in [0.4, 0.5) is 21.0 Å². The van der Waals surface area contributed by atoms with Gasteiger partial charge in [-0.15, -0.1) is 0 Å². The van der Waals surface area contributed by atoms with Gasteiger partial charge in [-0.25, -0.2) is 13.9 Å². The second-order valence-corrected chi connectivity index (χ2v) is 7.57. The predicted octanol–water partition coefficient (Wildman–Crippen LogP) is -0.613. The molecule has 152 valence electrons. The van der Waals surface area contributed by atoms with Crippen molar-refractivity contribution in [2.75, 3.05) is 30.3 Å². The van der Waals surface area contributed by atoms with Crippen LogP contribution in [0.5, 0.6) is 0 Å². The summed E-state index contributed by atoms with van der Waals surface area (Å²) in [7, 11) is -4.62. The van der Waals surface area contributed by atoms with Crippen molar-refractivity contribution >= 4 is 39.6 Å². The minimum atomic E-state index is -4.62. The number of hydrogen-bond acceptors (Lipinski definition) is 6. The van der Waals surface area contributed by atoms with Gasteiger partial charge in [-0.3, -0.25) is 9.35 Å². The molecule has 0 bridgehead atoms. The number of carbonyl (C=O) groups excluding carboxylic acids is 3. The standard InChI is InChI=1S/C15H20N6O6S/c16-6-7-17-14(23)18-9-1-3-10(4-2-9)19-15(24)20-8-5-11-12(20)13(22)21(11)28(25,26)27/h1-4,11-12H,5-8,16H2,(H,19,24)(H2,17,18,23)(H,25,26,27)/t11?,12-/m0/s1. The van der Waals surface area contributed by atoms with Crippen LogP contribution in [-0.4, -0.2) is 71.9 Å². The number of nitrogens with two attached hydrogens (primary N) is 1. The fourth-order valence-electron chi connectivity index (χ4n) is 3.24. The van der Waals surface area contributed by atoms with Gasteiger partial charge in [0.15, 0.2) is 0 Å². The zero-order chi connectivity index (χ0) is 20.5. The molecule has 0 spiro atoms. The maximum Gasteiger partial charge on any atom is 0.362 e. The molecule has 1 unspecified atom stereocenters. The molecule has 2 aliphatic heterocycles. The minimum absolute atomic E-state index is 0.180. The Bertz CT molecular complexity index is 889. The Kier molecular flexibility index (Phi) is 5.40. The monoisotopic (exact) mass is 412 g/mol. The Morgan fingerprint density at radius 1 is 1.18 bits per heavy atom. The summed E-state index contributed by atoms with van der Waals surface area (Å²) in [6.45, 7) is 0.840. The molecule has 1 aromatic carbocycles. The van der Waals surface area contributed by atoms with Gasteiger partial charge < -0.3 is 26.6 Å². The number of nitrogens with one attached hydrogen (secondary N) is 3. The topological polar surface area (TPSA) is 174 Å². The van der Waals surface area contributed by atoms with Gasteiger partial charge in [0.05, 0.1) is 6.04 Å². The first-order valence-corrected chi connectivity index (χ1v) is 9.85. The quantitative estimate of drug-likeness (QED) is 0.316. The molecule has 5 amide bonds. The fourth-order valence-corrected chi connectivity index (χ4v) is 4.14. The van der Waals surface area contributed by atoms with E-state index in [1.54, 1.807) is 24.3 Å². The summed E-state index contributed by atoms with van der Waals surface area (Å²) in [6.07, 6.45) is 0.254. The second-order valence-electron chi connectivity index (χ2n) is 6.28. The van der Waals surface area contributed by atoms with E-state index in [4.69, 9.17) is 10.3 Å². The minimum Gasteiger partial charge on any atom is -0.337 e. The second kappa shape index (κ2) is 7.61. The van der Waals surface area contributed by atoms with Crippen molar-refractivity contribution in [3.05, 3.63) is 24.3 Å². The van der Waals surface area contributed by atoms with E-state index in [1.807, 2.05) is 0 Å². The van der Waals surface area contributed by atoms with Crippen molar-refractivity contribution in [1.82, 2.24) is 14.5 Å². The summed E-state index contributed by atoms with van der Waals surface area (Å²) in [5.74, 6) is -0.830. The van der Waals surface area contributed by atoms with Gasteiger partial charge in [-0.2, -0.15) is 8.42 Å². The number of β-lactam (4-membered cyclic amide) rings is 1. The lowest BCUT2D eigenvalue weighted by atomic mass is 10.0. The largest absolute Gasteiger partial charge is 0.362 e. The number of urea groups is 2. The molecule has 13 heteroatoms. The summed E-state index contributed by atoms with van der Waals surface area (Å²) in [5, 5.41) is 7.77. The van der Waals surface area contributed by atoms with Crippen LogP contribution in [-0.2, 0) is 15.1 Å². The average Bonchev–Trinajstić information content (AvgIpc) is 2.99. The molecule has 0 radical (unpaired) electrons. The molecule has 1 aromatic rings. The lowest BCUT2D eigenvalue weighted by molar-refractivity contribution is -0.143. The predicted molar refractivity (Wildman–Crippen MR) is 98.8 cm³/mol. The summed E-state index contributed by atoms with van der Waals surface area (Å²) in [4.78, 5) is 37.2. The zero-order valence-corrected chi connectivity index (χ0v) is 15.5. The Hall–Kier alpha value is -2.90. The average molecular weight is 412 g/mol. The number of benzene rings is 1. The highest BCUT2D eigenvalue weighted by Gasteiger charge is 2.60. The Morgan fingerprint density at radius 3 is 2.36 bits per heavy atom. The van der Waals surface area contributed by atoms with Gasteiger partial charge in [0, 0.05) is 31.0 Å². The van der Waals surface area contributed by atoms with Crippen molar-refractivity contribution in [3.63, 3.8) is 0 Å². The van der Waals surface area contributed by atoms with Gasteiger partial charge in [-0.05, 0) is 30.7 Å². The summed E-state index contributed by atoms with van der Waals surface area (Å²) < 4.78 is 31.9. The number of nitrogens with zero attached hydrogens (tertiary/aromatic N) is 2. The molecule has 3 rings (SSSR count). The smallest absolute Gasteiger partial charge is 0.337 e. The van der Waals surface area contributed by atoms with Crippen LogP contribution in [0.2, 0.25) is 0 Å². The maximum atomic E-state index is 12.4. The summed E-state index contributed by atoms with van der Waals surface area (Å²) >= 11 is 0. The molecular weight excluding hydrogens is 392 g/mol. The van der Waals surface area contributed by atoms with Gasteiger partial charge in [0.1, 0.15) is 6.04 Å². The van der Waals surface area contributed by atoms with Crippen LogP contribution in [0.1, 0.15) is 6.42 Å². The summed E-state index contributed by atoms with van der Waals surface area (Å²) in [6, 6.07) is 3.68. The Labute approximate surface area is 160 Å². The van der Waals surface area contributed by atoms with E-state index in [0.717, 1.165) is 0 Å². The van der Waals surface area contributed by atoms with E-state index >= 15 is 0 Å². The van der Waals surface area contributed by atoms with Gasteiger partial charge in [-0.1, -0.05) is 0 Å². The van der Waals surface area contributed by atoms with Crippen molar-refractivity contribution in [2.24, 2.45) is 5.73 Å². The molecule has 12 nitrogen and oxygen atoms in total. The number of carbonyl (C=O) groups is 3. The molecule has 0 aliphatic carbocycles. The van der Waals surface area contributed by atoms with Crippen LogP contribution in [0, 0.1) is 0 Å². The first-order valence-electron chi connectivity index (χ1n) is 8.45. The molecule has 0 aromatic heterocycles. The van der Waals surface area contributed by atoms with Crippen molar-refractivity contribution < 1.29 is 27.4 Å². The highest BCUT2D eigenvalue weighted by Crippen LogP contribution is 2.35. The highest BCUT2D eigenvalue weighted by molar-refractivity contribution is 7.84. The Balaban J connectivity index is 1.57. The number of hydrogen-bond donors (Lipinski definition) is 5. The molecule has 28 heavy (non-hydrogen) atoms. The van der Waals surface area contributed by atoms with E-state index in [9.17, 15) is 22.8 Å². The van der Waals surface area contributed by atoms with Crippen LogP contribution < -0.4 is 21.7 Å². The third kappa shape index (κ3) is 3.85.